The summed E-state index contributed by atoms with van der Waals surface area (Å²) in [7, 11) is 1.51. The molecule has 0 aliphatic heterocycles. The monoisotopic (exact) mass is 574 g/mol. The van der Waals surface area contributed by atoms with Crippen LogP contribution in [0.4, 0.5) is 9.52 Å². The summed E-state index contributed by atoms with van der Waals surface area (Å²) < 4.78 is 27.7. The van der Waals surface area contributed by atoms with Crippen LogP contribution < -0.4 is 10.1 Å². The maximum Gasteiger partial charge on any atom is 0.350 e. The highest BCUT2D eigenvalue weighted by molar-refractivity contribution is 7.17. The van der Waals surface area contributed by atoms with E-state index in [0.717, 1.165) is 11.3 Å². The van der Waals surface area contributed by atoms with E-state index < -0.39 is 18.1 Å². The Morgan fingerprint density at radius 2 is 2.05 bits per heavy atom. The predicted molar refractivity (Wildman–Crippen MR) is 147 cm³/mol. The van der Waals surface area contributed by atoms with Crippen molar-refractivity contribution in [3.8, 4) is 5.75 Å². The van der Waals surface area contributed by atoms with E-state index in [-0.39, 0.29) is 29.2 Å². The number of carbonyl (C=O) groups excluding carboxylic acids is 1. The molecule has 1 unspecified atom stereocenters. The van der Waals surface area contributed by atoms with Crippen LogP contribution in [-0.4, -0.2) is 48.9 Å². The van der Waals surface area contributed by atoms with E-state index in [0.29, 0.717) is 33.5 Å². The van der Waals surface area contributed by atoms with Gasteiger partial charge < -0.3 is 29.0 Å². The van der Waals surface area contributed by atoms with Gasteiger partial charge in [0.2, 0.25) is 5.95 Å². The Hall–Kier alpha value is -3.74. The van der Waals surface area contributed by atoms with Crippen molar-refractivity contribution in [1.29, 1.82) is 0 Å². The maximum atomic E-state index is 13.6. The highest BCUT2D eigenvalue weighted by Crippen LogP contribution is 2.31. The molecule has 39 heavy (non-hydrogen) atoms. The fraction of sp³-hybridized carbons (Fsp3) is 0.308. The quantitative estimate of drug-likeness (QED) is 0.139. The molecule has 10 nitrogen and oxygen atoms in total. The number of aliphatic hydroxyl groups excluding tert-OH is 1. The van der Waals surface area contributed by atoms with Gasteiger partial charge in [-0.2, -0.15) is 4.39 Å². The number of methoxy groups -OCH3 is 1. The average molecular weight is 575 g/mol. The van der Waals surface area contributed by atoms with E-state index in [4.69, 9.17) is 21.1 Å². The number of hydrogen-bond acceptors (Lipinski definition) is 9. The molecule has 0 bridgehead atoms. The number of halogens is 2. The summed E-state index contributed by atoms with van der Waals surface area (Å²) in [4.78, 5) is 25.3. The maximum absolute atomic E-state index is 13.6. The van der Waals surface area contributed by atoms with Crippen LogP contribution in [0.2, 0.25) is 5.15 Å². The van der Waals surface area contributed by atoms with Crippen LogP contribution in [0.15, 0.2) is 36.9 Å². The van der Waals surface area contributed by atoms with Gasteiger partial charge >= 0.3 is 5.97 Å². The van der Waals surface area contributed by atoms with Crippen LogP contribution in [0.1, 0.15) is 65.4 Å². The van der Waals surface area contributed by atoms with Gasteiger partial charge in [-0.05, 0) is 50.6 Å². The molecule has 0 saturated carbocycles. The number of anilines is 1. The number of nitrogens with one attached hydrogen (secondary N) is 1. The highest BCUT2D eigenvalue weighted by Gasteiger charge is 2.22. The van der Waals surface area contributed by atoms with Gasteiger partial charge in [0.1, 0.15) is 21.5 Å². The standard InChI is InChI=1S/C26H28ClFN6O4S/c1-5-38-25(36)22-18(6-7-19-23(27)34(14-30-19)15(2)3)31-26(39-22)32-24(35)20-11-17(37-4)13-33(20)12-16-8-9-29-21(28)10-16/h6-11,13-15,24,35H,5,12H2,1-4H3,(H,31,32)/b7-6+. The first-order valence-electron chi connectivity index (χ1n) is 12.1. The zero-order valence-corrected chi connectivity index (χ0v) is 23.3. The van der Waals surface area contributed by atoms with Gasteiger partial charge in [-0.15, -0.1) is 0 Å². The number of rotatable bonds is 11. The molecule has 1 atom stereocenters. The molecule has 0 aromatic carbocycles. The molecule has 4 aromatic heterocycles. The van der Waals surface area contributed by atoms with Crippen molar-refractivity contribution in [3.63, 3.8) is 0 Å². The molecule has 0 aliphatic rings. The number of ether oxygens (including phenoxy) is 2. The smallest absolute Gasteiger partial charge is 0.350 e. The topological polar surface area (TPSA) is 116 Å². The zero-order valence-electron chi connectivity index (χ0n) is 21.8. The number of esters is 1. The lowest BCUT2D eigenvalue weighted by Crippen LogP contribution is -2.15. The molecule has 0 fully saturated rings. The first-order chi connectivity index (χ1) is 18.7. The number of thiazole rings is 1. The zero-order chi connectivity index (χ0) is 28.1. The van der Waals surface area contributed by atoms with Crippen molar-refractivity contribution in [2.75, 3.05) is 19.0 Å². The summed E-state index contributed by atoms with van der Waals surface area (Å²) in [5, 5.41) is 14.7. The Balaban J connectivity index is 1.61. The van der Waals surface area contributed by atoms with Crippen molar-refractivity contribution in [3.05, 3.63) is 75.5 Å². The van der Waals surface area contributed by atoms with E-state index >= 15 is 0 Å². The summed E-state index contributed by atoms with van der Waals surface area (Å²) in [6, 6.07) is 4.79. The van der Waals surface area contributed by atoms with E-state index in [9.17, 15) is 14.3 Å². The molecular weight excluding hydrogens is 547 g/mol. The summed E-state index contributed by atoms with van der Waals surface area (Å²) >= 11 is 7.47. The van der Waals surface area contributed by atoms with Gasteiger partial charge in [-0.1, -0.05) is 22.9 Å². The second-order valence-electron chi connectivity index (χ2n) is 8.68. The number of hydrogen-bond donors (Lipinski definition) is 2. The van der Waals surface area contributed by atoms with Gasteiger partial charge in [0.15, 0.2) is 11.4 Å². The van der Waals surface area contributed by atoms with Gasteiger partial charge in [0.05, 0.1) is 31.4 Å². The van der Waals surface area contributed by atoms with Crippen molar-refractivity contribution >= 4 is 46.2 Å². The van der Waals surface area contributed by atoms with Crippen molar-refractivity contribution in [2.45, 2.75) is 39.6 Å². The third kappa shape index (κ3) is 6.64. The average Bonchev–Trinajstić information content (AvgIpc) is 3.59. The van der Waals surface area contributed by atoms with E-state index in [1.165, 1.54) is 19.4 Å². The van der Waals surface area contributed by atoms with Gasteiger partial charge in [-0.3, -0.25) is 0 Å². The third-order valence-corrected chi connectivity index (χ3v) is 7.02. The summed E-state index contributed by atoms with van der Waals surface area (Å²) in [5.41, 5.74) is 1.96. The molecule has 0 radical (unpaired) electrons. The number of nitrogens with zero attached hydrogens (tertiary/aromatic N) is 5. The molecule has 4 aromatic rings. The van der Waals surface area contributed by atoms with Crippen LogP contribution in [-0.2, 0) is 11.3 Å². The first kappa shape index (κ1) is 28.3. The van der Waals surface area contributed by atoms with Gasteiger partial charge in [0, 0.05) is 31.0 Å². The Labute approximate surface area is 233 Å². The highest BCUT2D eigenvalue weighted by atomic mass is 35.5. The largest absolute Gasteiger partial charge is 0.495 e. The Morgan fingerprint density at radius 1 is 1.28 bits per heavy atom. The fourth-order valence-corrected chi connectivity index (χ4v) is 4.97. The van der Waals surface area contributed by atoms with Crippen LogP contribution in [0.5, 0.6) is 5.75 Å². The van der Waals surface area contributed by atoms with E-state index in [2.05, 4.69) is 20.3 Å². The van der Waals surface area contributed by atoms with Crippen LogP contribution in [0.25, 0.3) is 12.2 Å². The minimum atomic E-state index is -1.23. The lowest BCUT2D eigenvalue weighted by atomic mass is 10.2. The molecule has 0 spiro atoms. The lowest BCUT2D eigenvalue weighted by molar-refractivity contribution is 0.0531. The molecule has 206 valence electrons. The minimum Gasteiger partial charge on any atom is -0.495 e. The number of aromatic nitrogens is 5. The molecule has 4 heterocycles. The van der Waals surface area contributed by atoms with Crippen molar-refractivity contribution < 1.29 is 23.8 Å². The van der Waals surface area contributed by atoms with Crippen molar-refractivity contribution in [1.82, 2.24) is 24.1 Å². The van der Waals surface area contributed by atoms with Gasteiger partial charge in [0.25, 0.3) is 0 Å². The van der Waals surface area contributed by atoms with Crippen LogP contribution in [0, 0.1) is 5.95 Å². The summed E-state index contributed by atoms with van der Waals surface area (Å²) in [6.45, 7) is 6.15. The number of aliphatic hydroxyl groups is 1. The summed E-state index contributed by atoms with van der Waals surface area (Å²) in [5.74, 6) is -0.632. The first-order valence-corrected chi connectivity index (χ1v) is 13.3. The van der Waals surface area contributed by atoms with Gasteiger partial charge in [-0.25, -0.2) is 19.7 Å². The summed E-state index contributed by atoms with van der Waals surface area (Å²) in [6.07, 6.45) is 6.79. The van der Waals surface area contributed by atoms with Crippen LogP contribution in [0.3, 0.4) is 0 Å². The normalized spacial score (nSPS) is 12.3. The number of pyridine rings is 1. The molecule has 4 rings (SSSR count). The molecule has 0 saturated heterocycles. The van der Waals surface area contributed by atoms with Crippen molar-refractivity contribution in [2.24, 2.45) is 0 Å². The molecule has 2 N–H and O–H groups in total. The molecule has 0 aliphatic carbocycles. The number of imidazole rings is 1. The van der Waals surface area contributed by atoms with E-state index in [1.807, 2.05) is 18.4 Å². The minimum absolute atomic E-state index is 0.133. The molecular formula is C26H28ClFN6O4S. The Bertz CT molecular complexity index is 1480. The lowest BCUT2D eigenvalue weighted by Gasteiger charge is -2.15. The second kappa shape index (κ2) is 12.4. The SMILES string of the molecule is CCOC(=O)c1sc(NC(O)c2cc(OC)cn2Cc2ccnc(F)c2)nc1/C=C/c1ncn(C(C)C)c1Cl. The molecule has 0 amide bonds. The molecule has 13 heteroatoms. The van der Waals surface area contributed by atoms with Crippen LogP contribution >= 0.6 is 22.9 Å². The second-order valence-corrected chi connectivity index (χ2v) is 10.0. The Kier molecular flexibility index (Phi) is 9.00. The Morgan fingerprint density at radius 3 is 2.72 bits per heavy atom. The predicted octanol–water partition coefficient (Wildman–Crippen LogP) is 5.42. The third-order valence-electron chi connectivity index (χ3n) is 5.65. The van der Waals surface area contributed by atoms with E-state index in [1.54, 1.807) is 48.3 Å². The number of carbonyl (C=O) groups is 1. The fourth-order valence-electron chi connectivity index (χ4n) is 3.75.